The maximum Gasteiger partial charge on any atom is 0.0641 e. The minimum absolute atomic E-state index is 0.420. The van der Waals surface area contributed by atoms with Gasteiger partial charge in [0.05, 0.1) is 6.61 Å². The highest BCUT2D eigenvalue weighted by Gasteiger charge is 1.56. The zero-order chi connectivity index (χ0) is 4.12. The van der Waals surface area contributed by atoms with Gasteiger partial charge in [0.2, 0.25) is 0 Å². The van der Waals surface area contributed by atoms with Gasteiger partial charge in [-0.25, -0.2) is 0 Å². The fraction of sp³-hybridized carbons (Fsp3) is 1.00. The third-order valence-electron chi connectivity index (χ3n) is 0.203. The molecule has 0 bridgehead atoms. The molecule has 0 unspecified atom stereocenters. The predicted molar refractivity (Wildman–Crippen MR) is 18.1 cm³/mol. The van der Waals surface area contributed by atoms with Crippen molar-refractivity contribution in [1.82, 2.24) is 5.64 Å². The van der Waals surface area contributed by atoms with E-state index in [0.29, 0.717) is 6.61 Å². The van der Waals surface area contributed by atoms with Crippen molar-refractivity contribution in [2.45, 2.75) is 6.92 Å². The molecule has 0 aromatic rings. The van der Waals surface area contributed by atoms with Crippen molar-refractivity contribution in [3.05, 3.63) is 5.21 Å². The Kier molecular flexibility index (Phi) is 3.79. The minimum Gasteiger partial charge on any atom is -0.765 e. The first-order chi connectivity index (χ1) is 2.41. The highest BCUT2D eigenvalue weighted by molar-refractivity contribution is 4.11. The molecule has 0 saturated heterocycles. The lowest BCUT2D eigenvalue weighted by atomic mass is 10.9. The Bertz CT molecular complexity index is 15.1. The summed E-state index contributed by atoms with van der Waals surface area (Å²) in [5.74, 6) is 0. The van der Waals surface area contributed by atoms with E-state index in [2.05, 4.69) is 4.84 Å². The first-order valence-corrected chi connectivity index (χ1v) is 1.40. The van der Waals surface area contributed by atoms with E-state index in [4.69, 9.17) is 5.21 Å². The maximum absolute atomic E-state index is 9.06. The summed E-state index contributed by atoms with van der Waals surface area (Å²) in [7, 11) is 0. The Hall–Kier alpha value is -0.120. The summed E-state index contributed by atoms with van der Waals surface area (Å²) in [6.45, 7) is 2.15. The van der Waals surface area contributed by atoms with Crippen LogP contribution in [-0.4, -0.2) is 6.61 Å². The fourth-order valence-electron chi connectivity index (χ4n) is 0.0589. The Morgan fingerprint density at radius 2 is 2.60 bits per heavy atom. The van der Waals surface area contributed by atoms with Gasteiger partial charge in [-0.05, 0) is 6.92 Å². The van der Waals surface area contributed by atoms with Crippen molar-refractivity contribution in [3.63, 3.8) is 0 Å². The fourth-order valence-corrected chi connectivity index (χ4v) is 0.0589. The van der Waals surface area contributed by atoms with Crippen LogP contribution in [0.2, 0.25) is 0 Å². The molecule has 5 heavy (non-hydrogen) atoms. The monoisotopic (exact) mass is 76.0 g/mol. The molecule has 0 heterocycles. The molecule has 0 saturated carbocycles. The summed E-state index contributed by atoms with van der Waals surface area (Å²) < 4.78 is 0. The standard InChI is InChI=1S/C2H6NO2/c1-2-5-3-4/h3H,2H2,1H3/q-1. The van der Waals surface area contributed by atoms with E-state index in [0.717, 1.165) is 0 Å². The highest BCUT2D eigenvalue weighted by Crippen LogP contribution is 1.54. The van der Waals surface area contributed by atoms with Gasteiger partial charge in [-0.1, -0.05) is 0 Å². The third-order valence-corrected chi connectivity index (χ3v) is 0.203. The predicted octanol–water partition coefficient (Wildman–Crippen LogP) is 0.0253. The number of hydrogen-bond donors (Lipinski definition) is 1. The molecule has 0 aliphatic carbocycles. The average molecular weight is 76.1 g/mol. The topological polar surface area (TPSA) is 44.3 Å². The molecular weight excluding hydrogens is 70.0 g/mol. The van der Waals surface area contributed by atoms with Gasteiger partial charge in [0.15, 0.2) is 0 Å². The second-order valence-corrected chi connectivity index (χ2v) is 0.516. The Morgan fingerprint density at radius 3 is 2.60 bits per heavy atom. The zero-order valence-electron chi connectivity index (χ0n) is 3.02. The molecule has 1 N–H and O–H groups in total. The van der Waals surface area contributed by atoms with Crippen molar-refractivity contribution in [2.75, 3.05) is 6.61 Å². The number of nitrogens with one attached hydrogen (secondary N) is 1. The summed E-state index contributed by atoms with van der Waals surface area (Å²) in [5, 5.41) is 9.06. The third kappa shape index (κ3) is 3.88. The number of hydrogen-bond acceptors (Lipinski definition) is 3. The van der Waals surface area contributed by atoms with Gasteiger partial charge in [-0.15, -0.1) is 0 Å². The van der Waals surface area contributed by atoms with Gasteiger partial charge in [-0.3, -0.25) is 5.64 Å². The van der Waals surface area contributed by atoms with Crippen LogP contribution in [0.1, 0.15) is 6.92 Å². The molecule has 32 valence electrons. The van der Waals surface area contributed by atoms with E-state index in [1.807, 2.05) is 0 Å². The van der Waals surface area contributed by atoms with Crippen molar-refractivity contribution >= 4 is 0 Å². The molecule has 0 aromatic carbocycles. The maximum atomic E-state index is 9.06. The first kappa shape index (κ1) is 4.88. The van der Waals surface area contributed by atoms with E-state index >= 15 is 0 Å². The van der Waals surface area contributed by atoms with E-state index in [1.54, 1.807) is 6.92 Å². The van der Waals surface area contributed by atoms with Crippen LogP contribution in [0.25, 0.3) is 0 Å². The summed E-state index contributed by atoms with van der Waals surface area (Å²) in [5.41, 5.74) is 1.27. The molecule has 3 heteroatoms. The normalized spacial score (nSPS) is 8.40. The smallest absolute Gasteiger partial charge is 0.0641 e. The second-order valence-electron chi connectivity index (χ2n) is 0.516. The minimum atomic E-state index is 0.420. The van der Waals surface area contributed by atoms with Crippen LogP contribution in [-0.2, 0) is 4.84 Å². The van der Waals surface area contributed by atoms with Crippen molar-refractivity contribution in [2.24, 2.45) is 0 Å². The molecule has 0 amide bonds. The van der Waals surface area contributed by atoms with Gasteiger partial charge in [-0.2, -0.15) is 0 Å². The lowest BCUT2D eigenvalue weighted by molar-refractivity contribution is 0.0828. The Morgan fingerprint density at radius 1 is 2.00 bits per heavy atom. The van der Waals surface area contributed by atoms with Gasteiger partial charge in [0.1, 0.15) is 0 Å². The molecular formula is C2H6NO2-. The van der Waals surface area contributed by atoms with Gasteiger partial charge in [0.25, 0.3) is 0 Å². The van der Waals surface area contributed by atoms with Crippen molar-refractivity contribution in [3.8, 4) is 0 Å². The summed E-state index contributed by atoms with van der Waals surface area (Å²) in [6, 6.07) is 0. The van der Waals surface area contributed by atoms with E-state index in [9.17, 15) is 0 Å². The van der Waals surface area contributed by atoms with Crippen LogP contribution >= 0.6 is 0 Å². The zero-order valence-corrected chi connectivity index (χ0v) is 3.02. The Labute approximate surface area is 30.5 Å². The Balaban J connectivity index is 2.19. The van der Waals surface area contributed by atoms with Gasteiger partial charge >= 0.3 is 0 Å². The molecule has 0 fully saturated rings. The van der Waals surface area contributed by atoms with E-state index in [1.165, 1.54) is 5.64 Å². The van der Waals surface area contributed by atoms with E-state index < -0.39 is 0 Å². The number of rotatable bonds is 2. The van der Waals surface area contributed by atoms with Crippen LogP contribution < -0.4 is 5.64 Å². The van der Waals surface area contributed by atoms with Gasteiger partial charge < -0.3 is 10.0 Å². The lowest BCUT2D eigenvalue weighted by Gasteiger charge is -2.01. The van der Waals surface area contributed by atoms with Crippen LogP contribution in [0.3, 0.4) is 0 Å². The molecule has 0 radical (unpaired) electrons. The van der Waals surface area contributed by atoms with Crippen LogP contribution in [0.4, 0.5) is 0 Å². The average Bonchev–Trinajstić information content (AvgIpc) is 1.41. The molecule has 0 atom stereocenters. The van der Waals surface area contributed by atoms with E-state index in [-0.39, 0.29) is 0 Å². The van der Waals surface area contributed by atoms with Crippen molar-refractivity contribution < 1.29 is 4.84 Å². The summed E-state index contributed by atoms with van der Waals surface area (Å²) in [4.78, 5) is 4.03. The largest absolute Gasteiger partial charge is 0.765 e. The second kappa shape index (κ2) is 3.88. The van der Waals surface area contributed by atoms with Crippen LogP contribution in [0.15, 0.2) is 0 Å². The van der Waals surface area contributed by atoms with Crippen molar-refractivity contribution in [1.29, 1.82) is 0 Å². The van der Waals surface area contributed by atoms with Gasteiger partial charge in [0, 0.05) is 0 Å². The molecule has 3 nitrogen and oxygen atoms in total. The SMILES string of the molecule is CCON[O-]. The molecule has 0 aromatic heterocycles. The molecule has 0 spiro atoms. The lowest BCUT2D eigenvalue weighted by Crippen LogP contribution is -2.02. The first-order valence-electron chi connectivity index (χ1n) is 1.40. The quantitative estimate of drug-likeness (QED) is 0.472. The van der Waals surface area contributed by atoms with Crippen LogP contribution in [0.5, 0.6) is 0 Å². The molecule has 0 rings (SSSR count). The summed E-state index contributed by atoms with van der Waals surface area (Å²) >= 11 is 0. The summed E-state index contributed by atoms with van der Waals surface area (Å²) in [6.07, 6.45) is 0. The molecule has 0 aliphatic heterocycles. The molecule has 0 aliphatic rings. The van der Waals surface area contributed by atoms with Crippen LogP contribution in [0, 0.1) is 5.21 Å². The highest BCUT2D eigenvalue weighted by atomic mass is 16.8.